The van der Waals surface area contributed by atoms with Crippen LogP contribution in [0, 0.1) is 5.92 Å². The molecule has 2 heterocycles. The molecule has 26 heavy (non-hydrogen) atoms. The van der Waals surface area contributed by atoms with E-state index in [0.717, 1.165) is 29.7 Å². The summed E-state index contributed by atoms with van der Waals surface area (Å²) in [7, 11) is 1.59. The van der Waals surface area contributed by atoms with E-state index < -0.39 is 0 Å². The van der Waals surface area contributed by atoms with Gasteiger partial charge in [-0.25, -0.2) is 4.98 Å². The molecular formula is C20H24N2O3S. The number of nitrogens with one attached hydrogen (secondary N) is 1. The lowest BCUT2D eigenvalue weighted by Crippen LogP contribution is -2.41. The maximum Gasteiger partial charge on any atom is 0.262 e. The number of fused-ring (bicyclic) bond motifs is 1. The van der Waals surface area contributed by atoms with Crippen LogP contribution >= 0.6 is 11.3 Å². The predicted molar refractivity (Wildman–Crippen MR) is 101 cm³/mol. The van der Waals surface area contributed by atoms with Crippen molar-refractivity contribution in [1.29, 1.82) is 0 Å². The number of aryl methyl sites for hydroxylation is 1. The van der Waals surface area contributed by atoms with Crippen LogP contribution in [0.2, 0.25) is 0 Å². The molecule has 1 atom stereocenters. The highest BCUT2D eigenvalue weighted by molar-refractivity contribution is 7.12. The average Bonchev–Trinajstić information content (AvgIpc) is 3.08. The molecular weight excluding hydrogens is 348 g/mol. The molecule has 4 rings (SSSR count). The van der Waals surface area contributed by atoms with E-state index in [1.165, 1.54) is 17.5 Å². The van der Waals surface area contributed by atoms with Crippen molar-refractivity contribution < 1.29 is 14.6 Å². The Hall–Kier alpha value is -1.92. The van der Waals surface area contributed by atoms with Gasteiger partial charge >= 0.3 is 0 Å². The summed E-state index contributed by atoms with van der Waals surface area (Å²) in [4.78, 5) is 18.1. The molecule has 1 amide bonds. The lowest BCUT2D eigenvalue weighted by Gasteiger charge is -2.38. The van der Waals surface area contributed by atoms with Gasteiger partial charge in [0, 0.05) is 12.3 Å². The molecule has 0 saturated heterocycles. The van der Waals surface area contributed by atoms with E-state index in [2.05, 4.69) is 15.7 Å². The number of aromatic nitrogens is 1. The number of carbonyl (C=O) groups excluding carboxylic acids is 1. The third-order valence-electron chi connectivity index (χ3n) is 5.54. The second-order valence-corrected chi connectivity index (χ2v) is 8.13. The van der Waals surface area contributed by atoms with Crippen molar-refractivity contribution in [2.24, 2.45) is 5.92 Å². The predicted octanol–water partition coefficient (Wildman–Crippen LogP) is 3.27. The summed E-state index contributed by atoms with van der Waals surface area (Å²) in [6, 6.07) is 3.63. The molecule has 5 nitrogen and oxygen atoms in total. The topological polar surface area (TPSA) is 71.5 Å². The van der Waals surface area contributed by atoms with Gasteiger partial charge in [0.05, 0.1) is 24.1 Å². The number of aliphatic hydroxyl groups is 1. The monoisotopic (exact) mass is 372 g/mol. The van der Waals surface area contributed by atoms with Gasteiger partial charge < -0.3 is 15.2 Å². The van der Waals surface area contributed by atoms with Gasteiger partial charge in [0.15, 0.2) is 0 Å². The third-order valence-corrected chi connectivity index (χ3v) is 6.61. The van der Waals surface area contributed by atoms with E-state index in [9.17, 15) is 9.90 Å². The van der Waals surface area contributed by atoms with E-state index in [0.29, 0.717) is 18.7 Å². The lowest BCUT2D eigenvalue weighted by molar-refractivity contribution is 0.0235. The molecule has 6 heteroatoms. The standard InChI is InChI=1S/C20H24N2O3S/c1-25-17-7-6-12(10-21-17)18(14-8-15(23)9-14)22-20(24)19-16-5-3-2-4-13(16)11-26-19/h6-7,10-11,14-15,18,23H,2-5,8-9H2,1H3,(H,22,24)/t14?,15?,18-/m0/s1. The van der Waals surface area contributed by atoms with Crippen molar-refractivity contribution in [1.82, 2.24) is 10.3 Å². The maximum atomic E-state index is 13.0. The van der Waals surface area contributed by atoms with E-state index >= 15 is 0 Å². The second-order valence-electron chi connectivity index (χ2n) is 7.25. The molecule has 0 unspecified atom stereocenters. The molecule has 2 aromatic rings. The Balaban J connectivity index is 1.56. The van der Waals surface area contributed by atoms with Gasteiger partial charge in [-0.05, 0) is 66.5 Å². The summed E-state index contributed by atoms with van der Waals surface area (Å²) in [6.45, 7) is 0. The van der Waals surface area contributed by atoms with Crippen LogP contribution in [0.3, 0.4) is 0 Å². The van der Waals surface area contributed by atoms with Gasteiger partial charge in [0.2, 0.25) is 5.88 Å². The third kappa shape index (κ3) is 3.35. The van der Waals surface area contributed by atoms with Gasteiger partial charge in [-0.2, -0.15) is 0 Å². The fourth-order valence-corrected chi connectivity index (χ4v) is 5.05. The first-order chi connectivity index (χ1) is 12.7. The Kier molecular flexibility index (Phi) is 4.96. The second kappa shape index (κ2) is 7.37. The quantitative estimate of drug-likeness (QED) is 0.845. The summed E-state index contributed by atoms with van der Waals surface area (Å²) in [6.07, 6.45) is 7.37. The number of nitrogens with zero attached hydrogens (tertiary/aromatic N) is 1. The van der Waals surface area contributed by atoms with Crippen molar-refractivity contribution in [2.45, 2.75) is 50.7 Å². The van der Waals surface area contributed by atoms with Crippen molar-refractivity contribution in [3.63, 3.8) is 0 Å². The largest absolute Gasteiger partial charge is 0.481 e. The first-order valence-corrected chi connectivity index (χ1v) is 10.1. The first-order valence-electron chi connectivity index (χ1n) is 9.24. The highest BCUT2D eigenvalue weighted by Gasteiger charge is 2.36. The van der Waals surface area contributed by atoms with Gasteiger partial charge in [-0.15, -0.1) is 11.3 Å². The molecule has 1 fully saturated rings. The van der Waals surface area contributed by atoms with Gasteiger partial charge in [0.1, 0.15) is 0 Å². The van der Waals surface area contributed by atoms with Gasteiger partial charge in [0.25, 0.3) is 5.91 Å². The SMILES string of the molecule is COc1ccc([C@H](NC(=O)c2scc3c2CCCC3)C2CC(O)C2)cn1. The molecule has 0 radical (unpaired) electrons. The Morgan fingerprint density at radius 2 is 2.15 bits per heavy atom. The van der Waals surface area contributed by atoms with E-state index in [1.807, 2.05) is 12.1 Å². The summed E-state index contributed by atoms with van der Waals surface area (Å²) < 4.78 is 5.13. The molecule has 2 aliphatic rings. The number of carbonyl (C=O) groups is 1. The van der Waals surface area contributed by atoms with Crippen LogP contribution in [-0.2, 0) is 12.8 Å². The zero-order valence-electron chi connectivity index (χ0n) is 14.9. The number of methoxy groups -OCH3 is 1. The highest BCUT2D eigenvalue weighted by atomic mass is 32.1. The zero-order valence-corrected chi connectivity index (χ0v) is 15.7. The number of aliphatic hydroxyl groups excluding tert-OH is 1. The molecule has 2 aliphatic carbocycles. The Morgan fingerprint density at radius 3 is 2.85 bits per heavy atom. The minimum absolute atomic E-state index is 0.000331. The van der Waals surface area contributed by atoms with Gasteiger partial charge in [-0.3, -0.25) is 4.79 Å². The molecule has 0 aromatic carbocycles. The van der Waals surface area contributed by atoms with E-state index in [4.69, 9.17) is 4.74 Å². The van der Waals surface area contributed by atoms with Crippen LogP contribution in [0.25, 0.3) is 0 Å². The Morgan fingerprint density at radius 1 is 1.35 bits per heavy atom. The van der Waals surface area contributed by atoms with E-state index in [1.54, 1.807) is 24.6 Å². The van der Waals surface area contributed by atoms with Crippen LogP contribution in [0.4, 0.5) is 0 Å². The number of hydrogen-bond donors (Lipinski definition) is 2. The van der Waals surface area contributed by atoms with Crippen molar-refractivity contribution in [3.8, 4) is 5.88 Å². The summed E-state index contributed by atoms with van der Waals surface area (Å²) >= 11 is 1.56. The molecule has 0 bridgehead atoms. The summed E-state index contributed by atoms with van der Waals surface area (Å²) in [5, 5.41) is 15.1. The molecule has 2 aromatic heterocycles. The molecule has 1 saturated carbocycles. The summed E-state index contributed by atoms with van der Waals surface area (Å²) in [5.41, 5.74) is 3.54. The number of ether oxygens (including phenoxy) is 1. The fourth-order valence-electron chi connectivity index (χ4n) is 3.99. The fraction of sp³-hybridized carbons (Fsp3) is 0.500. The lowest BCUT2D eigenvalue weighted by atomic mass is 9.75. The number of pyridine rings is 1. The molecule has 0 spiro atoms. The van der Waals surface area contributed by atoms with Crippen molar-refractivity contribution in [3.05, 3.63) is 45.3 Å². The molecule has 138 valence electrons. The maximum absolute atomic E-state index is 13.0. The summed E-state index contributed by atoms with van der Waals surface area (Å²) in [5.74, 6) is 0.792. The van der Waals surface area contributed by atoms with Gasteiger partial charge in [-0.1, -0.05) is 6.07 Å². The minimum Gasteiger partial charge on any atom is -0.481 e. The molecule has 0 aliphatic heterocycles. The highest BCUT2D eigenvalue weighted by Crippen LogP contribution is 2.39. The number of rotatable bonds is 5. The number of amides is 1. The first kappa shape index (κ1) is 17.5. The van der Waals surface area contributed by atoms with Crippen LogP contribution in [-0.4, -0.2) is 29.2 Å². The zero-order chi connectivity index (χ0) is 18.1. The van der Waals surface area contributed by atoms with Crippen molar-refractivity contribution >= 4 is 17.2 Å². The van der Waals surface area contributed by atoms with Crippen LogP contribution in [0.5, 0.6) is 5.88 Å². The van der Waals surface area contributed by atoms with Crippen LogP contribution in [0.1, 0.15) is 58.1 Å². The number of thiophene rings is 1. The Bertz CT molecular complexity index is 781. The Labute approximate surface area is 157 Å². The van der Waals surface area contributed by atoms with Crippen LogP contribution in [0.15, 0.2) is 23.7 Å². The van der Waals surface area contributed by atoms with Crippen LogP contribution < -0.4 is 10.1 Å². The number of hydrogen-bond acceptors (Lipinski definition) is 5. The molecule has 2 N–H and O–H groups in total. The average molecular weight is 372 g/mol. The smallest absolute Gasteiger partial charge is 0.262 e. The van der Waals surface area contributed by atoms with Crippen molar-refractivity contribution in [2.75, 3.05) is 7.11 Å². The minimum atomic E-state index is -0.264. The van der Waals surface area contributed by atoms with E-state index in [-0.39, 0.29) is 24.0 Å². The normalized spacial score (nSPS) is 22.8.